The van der Waals surface area contributed by atoms with Gasteiger partial charge in [0, 0.05) is 19.7 Å². The predicted octanol–water partition coefficient (Wildman–Crippen LogP) is 2.71. The van der Waals surface area contributed by atoms with E-state index in [-0.39, 0.29) is 11.6 Å². The number of rotatable bonds is 3. The average Bonchev–Trinajstić information content (AvgIpc) is 2.38. The van der Waals surface area contributed by atoms with E-state index in [1.54, 1.807) is 11.9 Å². The summed E-state index contributed by atoms with van der Waals surface area (Å²) in [6.45, 7) is 0.425. The van der Waals surface area contributed by atoms with E-state index in [0.717, 1.165) is 5.56 Å². The Kier molecular flexibility index (Phi) is 3.78. The second-order valence-corrected chi connectivity index (χ2v) is 4.31. The number of anilines is 2. The van der Waals surface area contributed by atoms with Crippen LogP contribution in [0.2, 0.25) is 0 Å². The maximum Gasteiger partial charge on any atom is 0.451 e. The normalized spacial score (nSPS) is 11.4. The van der Waals surface area contributed by atoms with Crippen LogP contribution in [0.1, 0.15) is 11.4 Å². The van der Waals surface area contributed by atoms with E-state index in [4.69, 9.17) is 5.73 Å². The summed E-state index contributed by atoms with van der Waals surface area (Å²) in [4.78, 5) is 8.31. The largest absolute Gasteiger partial charge is 0.451 e. The quantitative estimate of drug-likeness (QED) is 0.940. The molecule has 2 N–H and O–H groups in total. The highest BCUT2D eigenvalue weighted by atomic mass is 19.4. The Morgan fingerprint density at radius 2 is 1.80 bits per heavy atom. The van der Waals surface area contributed by atoms with Gasteiger partial charge in [0.2, 0.25) is 5.82 Å². The molecule has 0 saturated carbocycles. The van der Waals surface area contributed by atoms with Crippen LogP contribution >= 0.6 is 0 Å². The second-order valence-electron chi connectivity index (χ2n) is 4.31. The van der Waals surface area contributed by atoms with Crippen molar-refractivity contribution in [1.29, 1.82) is 0 Å². The van der Waals surface area contributed by atoms with Gasteiger partial charge in [-0.05, 0) is 5.56 Å². The first-order valence-corrected chi connectivity index (χ1v) is 5.83. The molecule has 0 spiro atoms. The molecule has 0 saturated heterocycles. The van der Waals surface area contributed by atoms with Crippen LogP contribution in [0.3, 0.4) is 0 Å². The molecule has 7 heteroatoms. The molecule has 0 aliphatic heterocycles. The van der Waals surface area contributed by atoms with E-state index in [2.05, 4.69) is 9.97 Å². The summed E-state index contributed by atoms with van der Waals surface area (Å²) in [5, 5.41) is 0. The number of hydrogen-bond donors (Lipinski definition) is 1. The third-order valence-electron chi connectivity index (χ3n) is 2.64. The molecule has 2 aromatic rings. The monoisotopic (exact) mass is 282 g/mol. The number of halogens is 3. The van der Waals surface area contributed by atoms with Crippen LogP contribution in [0, 0.1) is 0 Å². The number of aromatic nitrogens is 2. The predicted molar refractivity (Wildman–Crippen MR) is 70.0 cm³/mol. The summed E-state index contributed by atoms with van der Waals surface area (Å²) in [7, 11) is 1.65. The minimum atomic E-state index is -4.61. The van der Waals surface area contributed by atoms with Crippen LogP contribution in [-0.4, -0.2) is 17.0 Å². The van der Waals surface area contributed by atoms with Crippen LogP contribution < -0.4 is 10.6 Å². The maximum absolute atomic E-state index is 12.6. The van der Waals surface area contributed by atoms with Gasteiger partial charge in [0.05, 0.1) is 0 Å². The minimum Gasteiger partial charge on any atom is -0.384 e. The summed E-state index contributed by atoms with van der Waals surface area (Å²) in [6, 6.07) is 10.7. The van der Waals surface area contributed by atoms with Crippen LogP contribution in [0.15, 0.2) is 36.4 Å². The minimum absolute atomic E-state index is 0.133. The fourth-order valence-corrected chi connectivity index (χ4v) is 1.71. The molecule has 0 bridgehead atoms. The van der Waals surface area contributed by atoms with E-state index < -0.39 is 12.0 Å². The summed E-state index contributed by atoms with van der Waals surface area (Å²) < 4.78 is 37.9. The van der Waals surface area contributed by atoms with Gasteiger partial charge in [0.1, 0.15) is 11.6 Å². The number of nitrogen functional groups attached to an aromatic ring is 1. The molecule has 1 aromatic carbocycles. The highest BCUT2D eigenvalue weighted by Crippen LogP contribution is 2.28. The maximum atomic E-state index is 12.6. The molecule has 2 rings (SSSR count). The zero-order chi connectivity index (χ0) is 14.8. The zero-order valence-electron chi connectivity index (χ0n) is 10.7. The van der Waals surface area contributed by atoms with Gasteiger partial charge in [-0.1, -0.05) is 30.3 Å². The molecule has 1 heterocycles. The topological polar surface area (TPSA) is 55.0 Å². The van der Waals surface area contributed by atoms with E-state index >= 15 is 0 Å². The Labute approximate surface area is 114 Å². The molecule has 0 fully saturated rings. The van der Waals surface area contributed by atoms with E-state index in [1.807, 2.05) is 30.3 Å². The lowest BCUT2D eigenvalue weighted by molar-refractivity contribution is -0.144. The third kappa shape index (κ3) is 3.37. The van der Waals surface area contributed by atoms with Gasteiger partial charge >= 0.3 is 6.18 Å². The molecule has 0 amide bonds. The molecule has 0 radical (unpaired) electrons. The lowest BCUT2D eigenvalue weighted by Crippen LogP contribution is -2.21. The number of benzene rings is 1. The Morgan fingerprint density at radius 1 is 1.15 bits per heavy atom. The zero-order valence-corrected chi connectivity index (χ0v) is 10.7. The van der Waals surface area contributed by atoms with Gasteiger partial charge < -0.3 is 10.6 Å². The third-order valence-corrected chi connectivity index (χ3v) is 2.64. The number of alkyl halides is 3. The van der Waals surface area contributed by atoms with Gasteiger partial charge in [0.25, 0.3) is 0 Å². The highest BCUT2D eigenvalue weighted by molar-refractivity contribution is 5.47. The van der Waals surface area contributed by atoms with Crippen molar-refractivity contribution in [2.45, 2.75) is 12.7 Å². The lowest BCUT2D eigenvalue weighted by atomic mass is 10.2. The molecule has 0 aliphatic carbocycles. The first-order valence-electron chi connectivity index (χ1n) is 5.83. The van der Waals surface area contributed by atoms with Crippen molar-refractivity contribution in [3.63, 3.8) is 0 Å². The fourth-order valence-electron chi connectivity index (χ4n) is 1.71. The molecule has 0 atom stereocenters. The summed E-state index contributed by atoms with van der Waals surface area (Å²) in [5.74, 6) is -1.30. The van der Waals surface area contributed by atoms with E-state index in [0.29, 0.717) is 6.54 Å². The lowest BCUT2D eigenvalue weighted by Gasteiger charge is -2.19. The average molecular weight is 282 g/mol. The summed E-state index contributed by atoms with van der Waals surface area (Å²) in [6.07, 6.45) is -4.61. The molecule has 0 unspecified atom stereocenters. The molecular formula is C13H13F3N4. The van der Waals surface area contributed by atoms with Gasteiger partial charge in [-0.15, -0.1) is 0 Å². The van der Waals surface area contributed by atoms with Crippen LogP contribution in [0.4, 0.5) is 24.8 Å². The van der Waals surface area contributed by atoms with Crippen LogP contribution in [-0.2, 0) is 12.7 Å². The summed E-state index contributed by atoms with van der Waals surface area (Å²) >= 11 is 0. The van der Waals surface area contributed by atoms with Crippen molar-refractivity contribution >= 4 is 11.6 Å². The second kappa shape index (κ2) is 5.36. The molecule has 4 nitrogen and oxygen atoms in total. The molecular weight excluding hydrogens is 269 g/mol. The van der Waals surface area contributed by atoms with Gasteiger partial charge in [-0.2, -0.15) is 13.2 Å². The molecule has 0 aliphatic rings. The standard InChI is InChI=1S/C13H13F3N4/c1-20(8-9-5-3-2-4-6-9)11-7-10(17)18-12(19-11)13(14,15)16/h2-7H,8H2,1H3,(H2,17,18,19). The number of nitrogens with zero attached hydrogens (tertiary/aromatic N) is 3. The summed E-state index contributed by atoms with van der Waals surface area (Å²) in [5.41, 5.74) is 6.37. The first kappa shape index (κ1) is 14.1. The Morgan fingerprint density at radius 3 is 2.40 bits per heavy atom. The Hall–Kier alpha value is -2.31. The van der Waals surface area contributed by atoms with Crippen molar-refractivity contribution in [3.8, 4) is 0 Å². The van der Waals surface area contributed by atoms with Crippen molar-refractivity contribution in [1.82, 2.24) is 9.97 Å². The smallest absolute Gasteiger partial charge is 0.384 e. The SMILES string of the molecule is CN(Cc1ccccc1)c1cc(N)nc(C(F)(F)F)n1. The number of nitrogens with two attached hydrogens (primary N) is 1. The molecule has 1 aromatic heterocycles. The van der Waals surface area contributed by atoms with Crippen molar-refractivity contribution in [3.05, 3.63) is 47.8 Å². The van der Waals surface area contributed by atoms with E-state index in [9.17, 15) is 13.2 Å². The van der Waals surface area contributed by atoms with Crippen molar-refractivity contribution in [2.75, 3.05) is 17.7 Å². The van der Waals surface area contributed by atoms with Gasteiger partial charge in [-0.25, -0.2) is 9.97 Å². The fraction of sp³-hybridized carbons (Fsp3) is 0.231. The van der Waals surface area contributed by atoms with E-state index in [1.165, 1.54) is 6.07 Å². The van der Waals surface area contributed by atoms with Crippen molar-refractivity contribution in [2.24, 2.45) is 0 Å². The van der Waals surface area contributed by atoms with Crippen molar-refractivity contribution < 1.29 is 13.2 Å². The first-order chi connectivity index (χ1) is 9.36. The van der Waals surface area contributed by atoms with Gasteiger partial charge in [-0.3, -0.25) is 0 Å². The molecule has 20 heavy (non-hydrogen) atoms. The van der Waals surface area contributed by atoms with Crippen LogP contribution in [0.25, 0.3) is 0 Å². The Bertz CT molecular complexity index is 584. The molecule has 106 valence electrons. The highest BCUT2D eigenvalue weighted by Gasteiger charge is 2.35. The van der Waals surface area contributed by atoms with Crippen LogP contribution in [0.5, 0.6) is 0 Å². The Balaban J connectivity index is 2.26. The van der Waals surface area contributed by atoms with Gasteiger partial charge in [0.15, 0.2) is 0 Å². The number of hydrogen-bond acceptors (Lipinski definition) is 4.